The van der Waals surface area contributed by atoms with Gasteiger partial charge in [0, 0.05) is 17.1 Å². The molecular formula is C19H22N2O3S2. The lowest BCUT2D eigenvalue weighted by atomic mass is 10.0. The summed E-state index contributed by atoms with van der Waals surface area (Å²) in [7, 11) is 0. The number of phenols is 1. The fourth-order valence-electron chi connectivity index (χ4n) is 2.88. The number of nitrogens with zero attached hydrogens (tertiary/aromatic N) is 1. The van der Waals surface area contributed by atoms with Crippen molar-refractivity contribution in [2.45, 2.75) is 32.7 Å². The Morgan fingerprint density at radius 3 is 2.81 bits per heavy atom. The first-order valence-electron chi connectivity index (χ1n) is 8.45. The summed E-state index contributed by atoms with van der Waals surface area (Å²) in [6, 6.07) is 2.81. The van der Waals surface area contributed by atoms with E-state index in [1.807, 2.05) is 25.5 Å². The predicted molar refractivity (Wildman–Crippen MR) is 109 cm³/mol. The molecular weight excluding hydrogens is 368 g/mol. The highest BCUT2D eigenvalue weighted by molar-refractivity contribution is 7.98. The van der Waals surface area contributed by atoms with E-state index in [2.05, 4.69) is 4.98 Å². The summed E-state index contributed by atoms with van der Waals surface area (Å²) in [5.74, 6) is 1.43. The fraction of sp³-hybridized carbons (Fsp3) is 0.368. The number of nitrogens with two attached hydrogens (primary N) is 1. The molecule has 1 atom stereocenters. The number of hydrogen-bond acceptors (Lipinski definition) is 7. The van der Waals surface area contributed by atoms with Crippen LogP contribution in [0.2, 0.25) is 0 Å². The maximum atomic E-state index is 13.3. The maximum Gasteiger partial charge on any atom is 0.203 e. The average Bonchev–Trinajstić information content (AvgIpc) is 3.04. The van der Waals surface area contributed by atoms with Gasteiger partial charge in [-0.1, -0.05) is 6.92 Å². The van der Waals surface area contributed by atoms with Crippen LogP contribution in [0.4, 0.5) is 0 Å². The molecule has 5 nitrogen and oxygen atoms in total. The van der Waals surface area contributed by atoms with Gasteiger partial charge in [-0.05, 0) is 43.4 Å². The molecule has 2 aromatic heterocycles. The van der Waals surface area contributed by atoms with Crippen molar-refractivity contribution < 1.29 is 9.52 Å². The zero-order chi connectivity index (χ0) is 18.8. The van der Waals surface area contributed by atoms with Crippen LogP contribution in [0.1, 0.15) is 36.4 Å². The molecule has 2 heterocycles. The molecule has 0 saturated carbocycles. The van der Waals surface area contributed by atoms with Crippen molar-refractivity contribution in [2.75, 3.05) is 12.0 Å². The molecule has 0 saturated heterocycles. The Labute approximate surface area is 160 Å². The minimum absolute atomic E-state index is 0.129. The second-order valence-corrected chi connectivity index (χ2v) is 8.03. The first kappa shape index (κ1) is 18.9. The van der Waals surface area contributed by atoms with E-state index in [1.54, 1.807) is 17.8 Å². The molecule has 0 aliphatic heterocycles. The van der Waals surface area contributed by atoms with Crippen LogP contribution < -0.4 is 11.2 Å². The summed E-state index contributed by atoms with van der Waals surface area (Å²) in [6.45, 7) is 3.82. The Morgan fingerprint density at radius 2 is 2.19 bits per heavy atom. The number of benzene rings is 1. The second-order valence-electron chi connectivity index (χ2n) is 6.18. The van der Waals surface area contributed by atoms with E-state index in [0.29, 0.717) is 45.7 Å². The summed E-state index contributed by atoms with van der Waals surface area (Å²) < 4.78 is 6.05. The van der Waals surface area contributed by atoms with E-state index >= 15 is 0 Å². The lowest BCUT2D eigenvalue weighted by Gasteiger charge is -2.15. The predicted octanol–water partition coefficient (Wildman–Crippen LogP) is 4.25. The standard InChI is InChI=1S/C19H22N2O3S2/c1-4-11-7-12-15(8-14(11)22)24-18(13(20)5-6-25-3)16(17(12)23)19-21-10(2)9-26-19/h7-9,13,22H,4-6,20H2,1-3H3/t13-/m1/s1. The molecule has 3 aromatic rings. The molecule has 0 aliphatic carbocycles. The average molecular weight is 391 g/mol. The zero-order valence-electron chi connectivity index (χ0n) is 15.0. The molecule has 3 N–H and O–H groups in total. The Hall–Kier alpha value is -1.83. The van der Waals surface area contributed by atoms with Gasteiger partial charge in [-0.2, -0.15) is 11.8 Å². The van der Waals surface area contributed by atoms with E-state index in [4.69, 9.17) is 10.2 Å². The summed E-state index contributed by atoms with van der Waals surface area (Å²) in [5.41, 5.74) is 8.57. The van der Waals surface area contributed by atoms with Crippen molar-refractivity contribution in [3.05, 3.63) is 44.8 Å². The second kappa shape index (κ2) is 7.82. The summed E-state index contributed by atoms with van der Waals surface area (Å²) in [6.07, 6.45) is 3.33. The molecule has 0 bridgehead atoms. The van der Waals surface area contributed by atoms with E-state index in [0.717, 1.165) is 11.4 Å². The highest BCUT2D eigenvalue weighted by Gasteiger charge is 2.23. The summed E-state index contributed by atoms with van der Waals surface area (Å²) in [5, 5.41) is 13.1. The normalized spacial score (nSPS) is 12.6. The van der Waals surface area contributed by atoms with E-state index in [9.17, 15) is 9.90 Å². The number of thioether (sulfide) groups is 1. The van der Waals surface area contributed by atoms with Crippen molar-refractivity contribution in [3.8, 4) is 16.3 Å². The molecule has 0 spiro atoms. The van der Waals surface area contributed by atoms with E-state index < -0.39 is 6.04 Å². The molecule has 3 rings (SSSR count). The van der Waals surface area contributed by atoms with E-state index in [-0.39, 0.29) is 11.2 Å². The summed E-state index contributed by atoms with van der Waals surface area (Å²) in [4.78, 5) is 17.8. The Bertz CT molecular complexity index is 994. The van der Waals surface area contributed by atoms with Gasteiger partial charge in [0.05, 0.1) is 17.0 Å². The van der Waals surface area contributed by atoms with Crippen LogP contribution in [0, 0.1) is 6.92 Å². The van der Waals surface area contributed by atoms with Crippen molar-refractivity contribution in [3.63, 3.8) is 0 Å². The van der Waals surface area contributed by atoms with Crippen LogP contribution in [-0.2, 0) is 6.42 Å². The van der Waals surface area contributed by atoms with Crippen molar-refractivity contribution in [2.24, 2.45) is 5.73 Å². The zero-order valence-corrected chi connectivity index (χ0v) is 16.7. The van der Waals surface area contributed by atoms with Gasteiger partial charge in [-0.3, -0.25) is 4.79 Å². The van der Waals surface area contributed by atoms with Gasteiger partial charge in [-0.25, -0.2) is 4.98 Å². The van der Waals surface area contributed by atoms with Gasteiger partial charge in [0.1, 0.15) is 22.1 Å². The Balaban J connectivity index is 2.30. The SMILES string of the molecule is CCc1cc2c(=O)c(-c3nc(C)cs3)c([C@H](N)CCSC)oc2cc1O. The van der Waals surface area contributed by atoms with Gasteiger partial charge in [0.2, 0.25) is 5.43 Å². The van der Waals surface area contributed by atoms with Gasteiger partial charge in [-0.15, -0.1) is 11.3 Å². The number of thiazole rings is 1. The molecule has 0 fully saturated rings. The lowest BCUT2D eigenvalue weighted by Crippen LogP contribution is -2.18. The third kappa shape index (κ3) is 3.51. The van der Waals surface area contributed by atoms with Gasteiger partial charge >= 0.3 is 0 Å². The molecule has 0 aliphatic rings. The molecule has 0 amide bonds. The minimum atomic E-state index is -0.410. The van der Waals surface area contributed by atoms with Crippen LogP contribution in [-0.4, -0.2) is 22.1 Å². The topological polar surface area (TPSA) is 89.4 Å². The summed E-state index contributed by atoms with van der Waals surface area (Å²) >= 11 is 3.11. The number of hydrogen-bond donors (Lipinski definition) is 2. The molecule has 7 heteroatoms. The number of fused-ring (bicyclic) bond motifs is 1. The Kier molecular flexibility index (Phi) is 5.70. The quantitative estimate of drug-likeness (QED) is 0.654. The monoisotopic (exact) mass is 390 g/mol. The van der Waals surface area contributed by atoms with Crippen molar-refractivity contribution in [1.29, 1.82) is 0 Å². The van der Waals surface area contributed by atoms with Crippen molar-refractivity contribution in [1.82, 2.24) is 4.98 Å². The first-order valence-corrected chi connectivity index (χ1v) is 10.7. The molecule has 0 unspecified atom stereocenters. The number of phenolic OH excluding ortho intramolecular Hbond substituents is 1. The molecule has 138 valence electrons. The molecule has 1 aromatic carbocycles. The van der Waals surface area contributed by atoms with Crippen LogP contribution in [0.3, 0.4) is 0 Å². The van der Waals surface area contributed by atoms with E-state index in [1.165, 1.54) is 17.4 Å². The smallest absolute Gasteiger partial charge is 0.203 e. The third-order valence-corrected chi connectivity index (χ3v) is 5.92. The maximum absolute atomic E-state index is 13.3. The van der Waals surface area contributed by atoms with Crippen LogP contribution in [0.25, 0.3) is 21.5 Å². The highest BCUT2D eigenvalue weighted by Crippen LogP contribution is 2.33. The van der Waals surface area contributed by atoms with Gasteiger partial charge < -0.3 is 15.3 Å². The third-order valence-electron chi connectivity index (χ3n) is 4.30. The Morgan fingerprint density at radius 1 is 1.42 bits per heavy atom. The largest absolute Gasteiger partial charge is 0.508 e. The molecule has 0 radical (unpaired) electrons. The first-order chi connectivity index (χ1) is 12.5. The number of aromatic nitrogens is 1. The van der Waals surface area contributed by atoms with Crippen LogP contribution in [0.5, 0.6) is 5.75 Å². The number of aromatic hydroxyl groups is 1. The van der Waals surface area contributed by atoms with Gasteiger partial charge in [0.25, 0.3) is 0 Å². The van der Waals surface area contributed by atoms with Crippen LogP contribution in [0.15, 0.2) is 26.7 Å². The van der Waals surface area contributed by atoms with Crippen LogP contribution >= 0.6 is 23.1 Å². The molecule has 26 heavy (non-hydrogen) atoms. The fourth-order valence-corrected chi connectivity index (χ4v) is 4.22. The number of aryl methyl sites for hydroxylation is 2. The highest BCUT2D eigenvalue weighted by atomic mass is 32.2. The van der Waals surface area contributed by atoms with Gasteiger partial charge in [0.15, 0.2) is 0 Å². The lowest BCUT2D eigenvalue weighted by molar-refractivity contribution is 0.460. The minimum Gasteiger partial charge on any atom is -0.508 e. The van der Waals surface area contributed by atoms with Crippen molar-refractivity contribution >= 4 is 34.1 Å². The number of rotatable bonds is 6.